The Morgan fingerprint density at radius 3 is 2.70 bits per heavy atom. The van der Waals surface area contributed by atoms with Gasteiger partial charge in [0.15, 0.2) is 4.77 Å². The number of likely N-dealkylation sites (tertiary alicyclic amines) is 2. The van der Waals surface area contributed by atoms with E-state index >= 15 is 0 Å². The van der Waals surface area contributed by atoms with Crippen LogP contribution in [0.25, 0.3) is 0 Å². The summed E-state index contributed by atoms with van der Waals surface area (Å²) in [5.41, 5.74) is 1.11. The molecule has 1 aromatic heterocycles. The third-order valence-electron chi connectivity index (χ3n) is 5.34. The fraction of sp³-hybridized carbons (Fsp3) is 0.474. The van der Waals surface area contributed by atoms with Gasteiger partial charge >= 0.3 is 0 Å². The fourth-order valence-electron chi connectivity index (χ4n) is 3.90. The zero-order valence-electron chi connectivity index (χ0n) is 15.1. The molecule has 2 amide bonds. The summed E-state index contributed by atoms with van der Waals surface area (Å²) in [5.74, 6) is 0.823. The molecule has 142 valence electrons. The summed E-state index contributed by atoms with van der Waals surface area (Å²) in [6, 6.07) is 9.95. The van der Waals surface area contributed by atoms with Gasteiger partial charge in [0.1, 0.15) is 12.4 Å². The second-order valence-electron chi connectivity index (χ2n) is 7.22. The first-order valence-corrected chi connectivity index (χ1v) is 9.77. The lowest BCUT2D eigenvalue weighted by molar-refractivity contribution is -0.131. The molecule has 1 atom stereocenters. The van der Waals surface area contributed by atoms with E-state index in [1.54, 1.807) is 4.57 Å². The topological polar surface area (TPSA) is 74.2 Å². The van der Waals surface area contributed by atoms with Crippen molar-refractivity contribution < 1.29 is 9.59 Å². The van der Waals surface area contributed by atoms with Gasteiger partial charge < -0.3 is 9.80 Å². The molecule has 0 spiro atoms. The quantitative estimate of drug-likeness (QED) is 0.800. The molecule has 2 aromatic rings. The molecular weight excluding hydrogens is 362 g/mol. The van der Waals surface area contributed by atoms with E-state index in [1.807, 2.05) is 40.1 Å². The second-order valence-corrected chi connectivity index (χ2v) is 7.61. The van der Waals surface area contributed by atoms with Crippen molar-refractivity contribution in [3.63, 3.8) is 0 Å². The smallest absolute Gasteiger partial charge is 0.242 e. The lowest BCUT2D eigenvalue weighted by Crippen LogP contribution is -2.32. The molecule has 2 saturated heterocycles. The van der Waals surface area contributed by atoms with Crippen molar-refractivity contribution in [1.82, 2.24) is 24.6 Å². The summed E-state index contributed by atoms with van der Waals surface area (Å²) in [7, 11) is 0. The van der Waals surface area contributed by atoms with E-state index in [0.29, 0.717) is 30.1 Å². The molecule has 4 rings (SSSR count). The lowest BCUT2D eigenvalue weighted by Gasteiger charge is -2.18. The molecule has 2 aliphatic heterocycles. The first kappa shape index (κ1) is 17.9. The number of H-pyrrole nitrogens is 1. The molecule has 0 bridgehead atoms. The number of rotatable bonds is 5. The third kappa shape index (κ3) is 3.80. The number of carbonyl (C=O) groups is 2. The van der Waals surface area contributed by atoms with E-state index in [9.17, 15) is 9.59 Å². The van der Waals surface area contributed by atoms with Crippen LogP contribution in [0.3, 0.4) is 0 Å². The minimum absolute atomic E-state index is 0.0551. The molecule has 1 unspecified atom stereocenters. The lowest BCUT2D eigenvalue weighted by atomic mass is 10.1. The van der Waals surface area contributed by atoms with Crippen molar-refractivity contribution in [2.75, 3.05) is 19.6 Å². The highest BCUT2D eigenvalue weighted by Gasteiger charge is 2.34. The van der Waals surface area contributed by atoms with E-state index in [0.717, 1.165) is 31.5 Å². The van der Waals surface area contributed by atoms with Crippen LogP contribution < -0.4 is 0 Å². The van der Waals surface area contributed by atoms with Crippen LogP contribution >= 0.6 is 12.2 Å². The Morgan fingerprint density at radius 2 is 1.96 bits per heavy atom. The van der Waals surface area contributed by atoms with Gasteiger partial charge in [-0.3, -0.25) is 19.3 Å². The van der Waals surface area contributed by atoms with Crippen LogP contribution in [0.4, 0.5) is 0 Å². The SMILES string of the molecule is O=C(Cn1c(C2CC(=O)N(Cc3ccccc3)C2)n[nH]c1=S)N1CCCC1. The van der Waals surface area contributed by atoms with E-state index in [4.69, 9.17) is 12.2 Å². The number of hydrogen-bond donors (Lipinski definition) is 1. The Labute approximate surface area is 163 Å². The fourth-order valence-corrected chi connectivity index (χ4v) is 4.10. The van der Waals surface area contributed by atoms with Gasteiger partial charge in [-0.25, -0.2) is 0 Å². The molecular formula is C19H23N5O2S. The Kier molecular flexibility index (Phi) is 5.07. The number of nitrogens with zero attached hydrogens (tertiary/aromatic N) is 4. The van der Waals surface area contributed by atoms with Gasteiger partial charge in [0.05, 0.1) is 0 Å². The normalized spacial score (nSPS) is 19.9. The zero-order chi connectivity index (χ0) is 18.8. The Balaban J connectivity index is 1.48. The van der Waals surface area contributed by atoms with E-state index in [-0.39, 0.29) is 24.3 Å². The van der Waals surface area contributed by atoms with Crippen LogP contribution in [0.2, 0.25) is 0 Å². The number of amides is 2. The third-order valence-corrected chi connectivity index (χ3v) is 5.65. The van der Waals surface area contributed by atoms with Crippen LogP contribution in [-0.2, 0) is 22.7 Å². The molecule has 1 N–H and O–H groups in total. The predicted octanol–water partition coefficient (Wildman–Crippen LogP) is 2.08. The van der Waals surface area contributed by atoms with Gasteiger partial charge in [-0.15, -0.1) is 0 Å². The van der Waals surface area contributed by atoms with Crippen molar-refractivity contribution in [3.8, 4) is 0 Å². The van der Waals surface area contributed by atoms with Crippen molar-refractivity contribution in [2.45, 2.75) is 38.3 Å². The van der Waals surface area contributed by atoms with Gasteiger partial charge in [0.2, 0.25) is 11.8 Å². The summed E-state index contributed by atoms with van der Waals surface area (Å²) in [4.78, 5) is 28.8. The van der Waals surface area contributed by atoms with Gasteiger partial charge in [-0.2, -0.15) is 5.10 Å². The van der Waals surface area contributed by atoms with Crippen molar-refractivity contribution in [1.29, 1.82) is 0 Å². The maximum Gasteiger partial charge on any atom is 0.242 e. The largest absolute Gasteiger partial charge is 0.341 e. The van der Waals surface area contributed by atoms with Gasteiger partial charge in [0, 0.05) is 38.5 Å². The van der Waals surface area contributed by atoms with Crippen LogP contribution in [0.5, 0.6) is 0 Å². The van der Waals surface area contributed by atoms with Crippen LogP contribution in [0, 0.1) is 4.77 Å². The minimum Gasteiger partial charge on any atom is -0.341 e. The number of carbonyl (C=O) groups excluding carboxylic acids is 2. The Hall–Kier alpha value is -2.48. The summed E-state index contributed by atoms with van der Waals surface area (Å²) in [6.07, 6.45) is 2.51. The summed E-state index contributed by atoms with van der Waals surface area (Å²) in [6.45, 7) is 2.99. The van der Waals surface area contributed by atoms with Gasteiger partial charge in [-0.05, 0) is 30.6 Å². The molecule has 8 heteroatoms. The highest BCUT2D eigenvalue weighted by atomic mass is 32.1. The summed E-state index contributed by atoms with van der Waals surface area (Å²) in [5, 5.41) is 7.15. The number of aromatic nitrogens is 3. The van der Waals surface area contributed by atoms with Crippen molar-refractivity contribution in [3.05, 3.63) is 46.5 Å². The molecule has 7 nitrogen and oxygen atoms in total. The zero-order valence-corrected chi connectivity index (χ0v) is 16.0. The van der Waals surface area contributed by atoms with Gasteiger partial charge in [-0.1, -0.05) is 30.3 Å². The van der Waals surface area contributed by atoms with Crippen LogP contribution in [0.1, 0.15) is 36.6 Å². The van der Waals surface area contributed by atoms with E-state index < -0.39 is 0 Å². The maximum absolute atomic E-state index is 12.5. The first-order valence-electron chi connectivity index (χ1n) is 9.36. The minimum atomic E-state index is -0.0551. The summed E-state index contributed by atoms with van der Waals surface area (Å²) >= 11 is 5.34. The van der Waals surface area contributed by atoms with E-state index in [2.05, 4.69) is 10.2 Å². The van der Waals surface area contributed by atoms with Crippen LogP contribution in [-0.4, -0.2) is 56.0 Å². The standard InChI is InChI=1S/C19H23N5O2S/c25-16-10-15(12-23(16)11-14-6-2-1-3-7-14)18-20-21-19(27)24(18)13-17(26)22-8-4-5-9-22/h1-3,6-7,15H,4-5,8-13H2,(H,21,27). The average molecular weight is 385 g/mol. The Morgan fingerprint density at radius 1 is 1.22 bits per heavy atom. The van der Waals surface area contributed by atoms with Crippen molar-refractivity contribution >= 4 is 24.0 Å². The molecule has 1 aromatic carbocycles. The number of aromatic amines is 1. The highest BCUT2D eigenvalue weighted by molar-refractivity contribution is 7.71. The second kappa shape index (κ2) is 7.64. The monoisotopic (exact) mass is 385 g/mol. The number of benzene rings is 1. The molecule has 0 aliphatic carbocycles. The predicted molar refractivity (Wildman–Crippen MR) is 102 cm³/mol. The highest BCUT2D eigenvalue weighted by Crippen LogP contribution is 2.28. The molecule has 27 heavy (non-hydrogen) atoms. The van der Waals surface area contributed by atoms with Gasteiger partial charge in [0.25, 0.3) is 0 Å². The number of hydrogen-bond acceptors (Lipinski definition) is 4. The first-order chi connectivity index (χ1) is 13.1. The molecule has 0 saturated carbocycles. The molecule has 3 heterocycles. The summed E-state index contributed by atoms with van der Waals surface area (Å²) < 4.78 is 2.20. The van der Waals surface area contributed by atoms with Crippen LogP contribution in [0.15, 0.2) is 30.3 Å². The molecule has 2 fully saturated rings. The molecule has 2 aliphatic rings. The van der Waals surface area contributed by atoms with Crippen molar-refractivity contribution in [2.24, 2.45) is 0 Å². The molecule has 0 radical (unpaired) electrons. The maximum atomic E-state index is 12.5. The van der Waals surface area contributed by atoms with E-state index in [1.165, 1.54) is 0 Å². The number of nitrogens with one attached hydrogen (secondary N) is 1. The average Bonchev–Trinajstić information content (AvgIpc) is 3.39. The Bertz CT molecular complexity index is 885.